The molecule has 3 heterocycles. The van der Waals surface area contributed by atoms with E-state index in [2.05, 4.69) is 10.2 Å². The van der Waals surface area contributed by atoms with Crippen LogP contribution in [0.4, 0.5) is 5.69 Å². The van der Waals surface area contributed by atoms with E-state index in [0.29, 0.717) is 31.3 Å². The van der Waals surface area contributed by atoms with Crippen LogP contribution in [0.15, 0.2) is 18.2 Å². The SMILES string of the molecule is O=C(CCC1CCN(C[C@@H]2CCOC2)CC1)Nc1ccc2c(c1)OCCO2. The molecule has 1 aromatic rings. The molecule has 3 aliphatic rings. The van der Waals surface area contributed by atoms with Gasteiger partial charge in [0.05, 0.1) is 6.61 Å². The Morgan fingerprint density at radius 1 is 1.04 bits per heavy atom. The average Bonchev–Trinajstić information content (AvgIpc) is 3.20. The number of ether oxygens (including phenoxy) is 3. The Bertz CT molecular complexity index is 637. The van der Waals surface area contributed by atoms with E-state index < -0.39 is 0 Å². The van der Waals surface area contributed by atoms with Gasteiger partial charge in [0.25, 0.3) is 0 Å². The first-order chi connectivity index (χ1) is 13.3. The lowest BCUT2D eigenvalue weighted by atomic mass is 9.91. The van der Waals surface area contributed by atoms with E-state index in [4.69, 9.17) is 14.2 Å². The van der Waals surface area contributed by atoms with Crippen LogP contribution in [0.25, 0.3) is 0 Å². The van der Waals surface area contributed by atoms with E-state index in [1.165, 1.54) is 25.8 Å². The van der Waals surface area contributed by atoms with Gasteiger partial charge in [-0.05, 0) is 62.7 Å². The molecule has 1 aromatic carbocycles. The molecule has 0 saturated carbocycles. The quantitative estimate of drug-likeness (QED) is 0.830. The van der Waals surface area contributed by atoms with Crippen molar-refractivity contribution in [2.75, 3.05) is 51.4 Å². The number of nitrogens with zero attached hydrogens (tertiary/aromatic N) is 1. The lowest BCUT2D eigenvalue weighted by Crippen LogP contribution is -2.37. The molecule has 0 bridgehead atoms. The minimum Gasteiger partial charge on any atom is -0.486 e. The van der Waals surface area contributed by atoms with Gasteiger partial charge in [0, 0.05) is 31.3 Å². The number of rotatable bonds is 6. The average molecular weight is 374 g/mol. The number of hydrogen-bond acceptors (Lipinski definition) is 5. The molecule has 1 atom stereocenters. The number of anilines is 1. The molecular formula is C21H30N2O4. The molecular weight excluding hydrogens is 344 g/mol. The number of fused-ring (bicyclic) bond motifs is 1. The van der Waals surface area contributed by atoms with Crippen LogP contribution in [0, 0.1) is 11.8 Å². The van der Waals surface area contributed by atoms with Crippen molar-refractivity contribution in [3.05, 3.63) is 18.2 Å². The zero-order chi connectivity index (χ0) is 18.5. The van der Waals surface area contributed by atoms with Crippen molar-refractivity contribution in [1.29, 1.82) is 0 Å². The molecule has 6 heteroatoms. The molecule has 4 rings (SSSR count). The smallest absolute Gasteiger partial charge is 0.224 e. The monoisotopic (exact) mass is 374 g/mol. The fraction of sp³-hybridized carbons (Fsp3) is 0.667. The van der Waals surface area contributed by atoms with E-state index >= 15 is 0 Å². The molecule has 0 spiro atoms. The molecule has 0 unspecified atom stereocenters. The van der Waals surface area contributed by atoms with Crippen molar-refractivity contribution in [2.45, 2.75) is 32.1 Å². The van der Waals surface area contributed by atoms with Gasteiger partial charge in [0.2, 0.25) is 5.91 Å². The Morgan fingerprint density at radius 3 is 2.63 bits per heavy atom. The Labute approximate surface area is 161 Å². The first-order valence-corrected chi connectivity index (χ1v) is 10.3. The van der Waals surface area contributed by atoms with Gasteiger partial charge in [0.15, 0.2) is 11.5 Å². The maximum Gasteiger partial charge on any atom is 0.224 e. The van der Waals surface area contributed by atoms with Crippen LogP contribution in [0.2, 0.25) is 0 Å². The molecule has 2 saturated heterocycles. The highest BCUT2D eigenvalue weighted by Gasteiger charge is 2.24. The van der Waals surface area contributed by atoms with E-state index in [1.807, 2.05) is 18.2 Å². The van der Waals surface area contributed by atoms with Crippen LogP contribution in [-0.2, 0) is 9.53 Å². The number of amides is 1. The summed E-state index contributed by atoms with van der Waals surface area (Å²) < 4.78 is 16.6. The topological polar surface area (TPSA) is 60.0 Å². The number of piperidine rings is 1. The van der Waals surface area contributed by atoms with Gasteiger partial charge in [-0.2, -0.15) is 0 Å². The fourth-order valence-corrected chi connectivity index (χ4v) is 4.23. The molecule has 0 radical (unpaired) electrons. The van der Waals surface area contributed by atoms with Crippen molar-refractivity contribution >= 4 is 11.6 Å². The Balaban J connectivity index is 1.16. The maximum atomic E-state index is 12.3. The normalized spacial score (nSPS) is 23.3. The summed E-state index contributed by atoms with van der Waals surface area (Å²) in [5, 5.41) is 2.99. The van der Waals surface area contributed by atoms with Crippen molar-refractivity contribution in [1.82, 2.24) is 4.90 Å². The number of likely N-dealkylation sites (tertiary alicyclic amines) is 1. The number of nitrogens with one attached hydrogen (secondary N) is 1. The minimum atomic E-state index is 0.0808. The molecule has 148 valence electrons. The highest BCUT2D eigenvalue weighted by atomic mass is 16.6. The number of carbonyl (C=O) groups is 1. The van der Waals surface area contributed by atoms with Crippen molar-refractivity contribution in [3.8, 4) is 11.5 Å². The van der Waals surface area contributed by atoms with Crippen molar-refractivity contribution < 1.29 is 19.0 Å². The number of benzene rings is 1. The van der Waals surface area contributed by atoms with E-state index in [1.54, 1.807) is 0 Å². The minimum absolute atomic E-state index is 0.0808. The van der Waals surface area contributed by atoms with Crippen molar-refractivity contribution in [2.24, 2.45) is 11.8 Å². The van der Waals surface area contributed by atoms with Crippen LogP contribution in [-0.4, -0.2) is 56.9 Å². The second-order valence-electron chi connectivity index (χ2n) is 7.92. The first kappa shape index (κ1) is 18.6. The molecule has 3 aliphatic heterocycles. The van der Waals surface area contributed by atoms with E-state index in [-0.39, 0.29) is 5.91 Å². The third kappa shape index (κ3) is 5.14. The Kier molecular flexibility index (Phi) is 6.14. The van der Waals surface area contributed by atoms with Gasteiger partial charge in [-0.15, -0.1) is 0 Å². The molecule has 1 N–H and O–H groups in total. The maximum absolute atomic E-state index is 12.3. The second-order valence-corrected chi connectivity index (χ2v) is 7.92. The lowest BCUT2D eigenvalue weighted by molar-refractivity contribution is -0.116. The summed E-state index contributed by atoms with van der Waals surface area (Å²) in [7, 11) is 0. The summed E-state index contributed by atoms with van der Waals surface area (Å²) in [6, 6.07) is 5.57. The van der Waals surface area contributed by atoms with Gasteiger partial charge in [-0.3, -0.25) is 4.79 Å². The van der Waals surface area contributed by atoms with Crippen LogP contribution < -0.4 is 14.8 Å². The fourth-order valence-electron chi connectivity index (χ4n) is 4.23. The molecule has 0 aromatic heterocycles. The first-order valence-electron chi connectivity index (χ1n) is 10.3. The summed E-state index contributed by atoms with van der Waals surface area (Å²) >= 11 is 0. The molecule has 0 aliphatic carbocycles. The summed E-state index contributed by atoms with van der Waals surface area (Å²) in [4.78, 5) is 14.9. The summed E-state index contributed by atoms with van der Waals surface area (Å²) in [5.41, 5.74) is 0.776. The molecule has 27 heavy (non-hydrogen) atoms. The van der Waals surface area contributed by atoms with Crippen LogP contribution >= 0.6 is 0 Å². The van der Waals surface area contributed by atoms with Crippen LogP contribution in [0.5, 0.6) is 11.5 Å². The summed E-state index contributed by atoms with van der Waals surface area (Å²) in [6.45, 7) is 6.48. The highest BCUT2D eigenvalue weighted by molar-refractivity contribution is 5.91. The molecule has 2 fully saturated rings. The third-order valence-corrected chi connectivity index (χ3v) is 5.85. The Hall–Kier alpha value is -1.79. The zero-order valence-corrected chi connectivity index (χ0v) is 16.0. The van der Waals surface area contributed by atoms with Gasteiger partial charge in [-0.25, -0.2) is 0 Å². The Morgan fingerprint density at radius 2 is 1.85 bits per heavy atom. The highest BCUT2D eigenvalue weighted by Crippen LogP contribution is 2.32. The number of hydrogen-bond donors (Lipinski definition) is 1. The molecule has 6 nitrogen and oxygen atoms in total. The van der Waals surface area contributed by atoms with Gasteiger partial charge < -0.3 is 24.4 Å². The van der Waals surface area contributed by atoms with E-state index in [9.17, 15) is 4.79 Å². The third-order valence-electron chi connectivity index (χ3n) is 5.85. The van der Waals surface area contributed by atoms with Crippen molar-refractivity contribution in [3.63, 3.8) is 0 Å². The summed E-state index contributed by atoms with van der Waals surface area (Å²) in [5.74, 6) is 2.91. The summed E-state index contributed by atoms with van der Waals surface area (Å²) in [6.07, 6.45) is 5.15. The van der Waals surface area contributed by atoms with Crippen LogP contribution in [0.3, 0.4) is 0 Å². The van der Waals surface area contributed by atoms with E-state index in [0.717, 1.165) is 50.1 Å². The lowest BCUT2D eigenvalue weighted by Gasteiger charge is -2.33. The van der Waals surface area contributed by atoms with Crippen LogP contribution in [0.1, 0.15) is 32.1 Å². The van der Waals surface area contributed by atoms with Gasteiger partial charge in [0.1, 0.15) is 13.2 Å². The number of carbonyl (C=O) groups excluding carboxylic acids is 1. The predicted octanol–water partition coefficient (Wildman–Crippen LogP) is 2.93. The standard InChI is InChI=1S/C21H30N2O4/c24-21(22-18-2-3-19-20(13-18)27-12-11-26-19)4-1-16-5-8-23(9-6-16)14-17-7-10-25-15-17/h2-3,13,16-17H,1,4-12,14-15H2,(H,22,24)/t17-/m0/s1. The predicted molar refractivity (Wildman–Crippen MR) is 103 cm³/mol. The second kappa shape index (κ2) is 8.93. The van der Waals surface area contributed by atoms with Gasteiger partial charge in [-0.1, -0.05) is 0 Å². The molecule has 1 amide bonds. The largest absolute Gasteiger partial charge is 0.486 e. The van der Waals surface area contributed by atoms with Gasteiger partial charge >= 0.3 is 0 Å². The zero-order valence-electron chi connectivity index (χ0n) is 16.0.